The summed E-state index contributed by atoms with van der Waals surface area (Å²) < 4.78 is 38.6. The number of rotatable bonds is 1. The van der Waals surface area contributed by atoms with Crippen molar-refractivity contribution in [3.05, 3.63) is 33.1 Å². The Kier molecular flexibility index (Phi) is 2.69. The topological polar surface area (TPSA) is 61.0 Å². The molecule has 0 radical (unpaired) electrons. The molecule has 9 heteroatoms. The molecule has 18 heavy (non-hydrogen) atoms. The van der Waals surface area contributed by atoms with Gasteiger partial charge in [0.2, 0.25) is 5.82 Å². The van der Waals surface area contributed by atoms with Crippen molar-refractivity contribution >= 4 is 28.3 Å². The van der Waals surface area contributed by atoms with Crippen LogP contribution in [0.4, 0.5) is 18.9 Å². The fourth-order valence-electron chi connectivity index (χ4n) is 1.61. The molecule has 0 aliphatic heterocycles. The number of fused-ring (bicyclic) bond motifs is 1. The van der Waals surface area contributed by atoms with Gasteiger partial charge in [0, 0.05) is 13.1 Å². The number of hydrogen-bond donors (Lipinski definition) is 0. The van der Waals surface area contributed by atoms with Crippen molar-refractivity contribution in [2.24, 2.45) is 7.05 Å². The number of imidazole rings is 1. The van der Waals surface area contributed by atoms with E-state index in [0.29, 0.717) is 0 Å². The van der Waals surface area contributed by atoms with E-state index in [9.17, 15) is 23.3 Å². The monoisotopic (exact) mass is 279 g/mol. The van der Waals surface area contributed by atoms with E-state index in [1.807, 2.05) is 0 Å². The van der Waals surface area contributed by atoms with E-state index in [4.69, 9.17) is 11.6 Å². The highest BCUT2D eigenvalue weighted by Gasteiger charge is 2.37. The molecule has 0 saturated heterocycles. The molecule has 0 fully saturated rings. The van der Waals surface area contributed by atoms with Crippen molar-refractivity contribution < 1.29 is 18.1 Å². The first-order chi connectivity index (χ1) is 8.23. The fourth-order valence-corrected chi connectivity index (χ4v) is 1.88. The minimum atomic E-state index is -4.65. The smallest absolute Gasteiger partial charge is 0.323 e. The summed E-state index contributed by atoms with van der Waals surface area (Å²) in [5.74, 6) is -1.15. The maximum Gasteiger partial charge on any atom is 0.449 e. The van der Waals surface area contributed by atoms with Gasteiger partial charge in [-0.15, -0.1) is 0 Å². The molecule has 0 aliphatic rings. The second-order valence-corrected chi connectivity index (χ2v) is 3.89. The number of nitrogens with zero attached hydrogens (tertiary/aromatic N) is 3. The Hall–Kier alpha value is -1.83. The molecule has 0 saturated carbocycles. The number of alkyl halides is 3. The summed E-state index contributed by atoms with van der Waals surface area (Å²) in [6, 6.07) is 2.23. The number of aryl methyl sites for hydroxylation is 1. The van der Waals surface area contributed by atoms with Crippen LogP contribution in [0.3, 0.4) is 0 Å². The Bertz CT molecular complexity index is 651. The average molecular weight is 280 g/mol. The average Bonchev–Trinajstić information content (AvgIpc) is 2.57. The Labute approximate surface area is 103 Å². The Morgan fingerprint density at radius 1 is 1.44 bits per heavy atom. The third-order valence-electron chi connectivity index (χ3n) is 2.42. The first-order valence-corrected chi connectivity index (χ1v) is 4.97. The van der Waals surface area contributed by atoms with Gasteiger partial charge in [0.25, 0.3) is 5.69 Å². The van der Waals surface area contributed by atoms with Crippen LogP contribution in [0.2, 0.25) is 5.02 Å². The summed E-state index contributed by atoms with van der Waals surface area (Å²) in [5, 5.41) is 10.2. The first kappa shape index (κ1) is 12.6. The molecule has 0 bridgehead atoms. The van der Waals surface area contributed by atoms with Crippen LogP contribution in [-0.2, 0) is 13.2 Å². The molecule has 2 rings (SSSR count). The predicted octanol–water partition coefficient (Wildman–Crippen LogP) is 3.15. The molecule has 1 heterocycles. The second-order valence-electron chi connectivity index (χ2n) is 3.52. The lowest BCUT2D eigenvalue weighted by Crippen LogP contribution is -2.12. The molecule has 2 aromatic rings. The van der Waals surface area contributed by atoms with E-state index < -0.39 is 27.6 Å². The van der Waals surface area contributed by atoms with Crippen LogP contribution >= 0.6 is 11.6 Å². The summed E-state index contributed by atoms with van der Waals surface area (Å²) in [5.41, 5.74) is -0.630. The van der Waals surface area contributed by atoms with Gasteiger partial charge < -0.3 is 4.57 Å². The second kappa shape index (κ2) is 3.84. The maximum atomic E-state index is 12.6. The molecule has 0 atom stereocenters. The van der Waals surface area contributed by atoms with Gasteiger partial charge >= 0.3 is 6.18 Å². The number of hydrogen-bond acceptors (Lipinski definition) is 3. The number of nitro benzene ring substituents is 1. The van der Waals surface area contributed by atoms with Crippen molar-refractivity contribution in [3.8, 4) is 0 Å². The molecule has 0 N–H and O–H groups in total. The van der Waals surface area contributed by atoms with Crippen molar-refractivity contribution in [1.29, 1.82) is 0 Å². The summed E-state index contributed by atoms with van der Waals surface area (Å²) in [6.45, 7) is 0. The number of aromatic nitrogens is 2. The largest absolute Gasteiger partial charge is 0.449 e. The van der Waals surface area contributed by atoms with Crippen LogP contribution in [0.1, 0.15) is 5.82 Å². The standard InChI is InChI=1S/C9H5ClF3N3O2/c1-15-5-3-2-4(16(17)18)6(10)7(5)14-8(15)9(11,12)13/h2-3H,1H3. The van der Waals surface area contributed by atoms with E-state index in [0.717, 1.165) is 10.6 Å². The van der Waals surface area contributed by atoms with Gasteiger partial charge in [-0.1, -0.05) is 11.6 Å². The molecular formula is C9H5ClF3N3O2. The Morgan fingerprint density at radius 3 is 2.56 bits per heavy atom. The zero-order valence-electron chi connectivity index (χ0n) is 8.82. The molecule has 0 aliphatic carbocycles. The Morgan fingerprint density at radius 2 is 2.06 bits per heavy atom. The molecule has 0 unspecified atom stereocenters. The molecular weight excluding hydrogens is 275 g/mol. The van der Waals surface area contributed by atoms with Crippen molar-refractivity contribution in [2.75, 3.05) is 0 Å². The van der Waals surface area contributed by atoms with Gasteiger partial charge in [-0.3, -0.25) is 10.1 Å². The molecule has 1 aromatic heterocycles. The highest BCUT2D eigenvalue weighted by atomic mass is 35.5. The van der Waals surface area contributed by atoms with Crippen molar-refractivity contribution in [2.45, 2.75) is 6.18 Å². The number of halogens is 4. The van der Waals surface area contributed by atoms with Crippen LogP contribution in [0.15, 0.2) is 12.1 Å². The van der Waals surface area contributed by atoms with E-state index in [1.165, 1.54) is 13.1 Å². The van der Waals surface area contributed by atoms with Crippen LogP contribution in [0, 0.1) is 10.1 Å². The number of benzene rings is 1. The summed E-state index contributed by atoms with van der Waals surface area (Å²) in [6.07, 6.45) is -4.65. The van der Waals surface area contributed by atoms with Crippen molar-refractivity contribution in [3.63, 3.8) is 0 Å². The van der Waals surface area contributed by atoms with Crippen LogP contribution < -0.4 is 0 Å². The lowest BCUT2D eigenvalue weighted by molar-refractivity contribution is -0.384. The van der Waals surface area contributed by atoms with Gasteiger partial charge in [-0.2, -0.15) is 13.2 Å². The third kappa shape index (κ3) is 1.78. The normalized spacial score (nSPS) is 12.1. The van der Waals surface area contributed by atoms with Gasteiger partial charge in [0.1, 0.15) is 10.5 Å². The lowest BCUT2D eigenvalue weighted by Gasteiger charge is -2.05. The predicted molar refractivity (Wildman–Crippen MR) is 57.4 cm³/mol. The zero-order valence-corrected chi connectivity index (χ0v) is 9.58. The summed E-state index contributed by atoms with van der Waals surface area (Å²) in [4.78, 5) is 13.2. The minimum Gasteiger partial charge on any atom is -0.323 e. The molecule has 0 spiro atoms. The highest BCUT2D eigenvalue weighted by molar-refractivity contribution is 6.37. The fraction of sp³-hybridized carbons (Fsp3) is 0.222. The molecule has 0 amide bonds. The van der Waals surface area contributed by atoms with Crippen LogP contribution in [-0.4, -0.2) is 14.5 Å². The van der Waals surface area contributed by atoms with E-state index >= 15 is 0 Å². The van der Waals surface area contributed by atoms with E-state index in [2.05, 4.69) is 4.98 Å². The van der Waals surface area contributed by atoms with E-state index in [-0.39, 0.29) is 11.0 Å². The first-order valence-electron chi connectivity index (χ1n) is 4.60. The SMILES string of the molecule is Cn1c(C(F)(F)F)nc2c(Cl)c([N+](=O)[O-])ccc21. The zero-order chi connectivity index (χ0) is 13.7. The summed E-state index contributed by atoms with van der Waals surface area (Å²) >= 11 is 5.69. The number of nitro groups is 1. The van der Waals surface area contributed by atoms with E-state index in [1.54, 1.807) is 0 Å². The molecule has 5 nitrogen and oxygen atoms in total. The maximum absolute atomic E-state index is 12.6. The highest BCUT2D eigenvalue weighted by Crippen LogP contribution is 2.36. The minimum absolute atomic E-state index is 0.0814. The van der Waals surface area contributed by atoms with Gasteiger partial charge in [-0.25, -0.2) is 4.98 Å². The van der Waals surface area contributed by atoms with Gasteiger partial charge in [0.05, 0.1) is 10.4 Å². The van der Waals surface area contributed by atoms with Gasteiger partial charge in [0.15, 0.2) is 0 Å². The molecule has 96 valence electrons. The Balaban J connectivity index is 2.81. The summed E-state index contributed by atoms with van der Waals surface area (Å²) in [7, 11) is 1.17. The van der Waals surface area contributed by atoms with Gasteiger partial charge in [-0.05, 0) is 6.07 Å². The van der Waals surface area contributed by atoms with Crippen molar-refractivity contribution in [1.82, 2.24) is 9.55 Å². The van der Waals surface area contributed by atoms with Crippen LogP contribution in [0.5, 0.6) is 0 Å². The lowest BCUT2D eigenvalue weighted by atomic mass is 10.3. The molecule has 1 aromatic carbocycles. The quantitative estimate of drug-likeness (QED) is 0.595. The van der Waals surface area contributed by atoms with Crippen LogP contribution in [0.25, 0.3) is 11.0 Å². The third-order valence-corrected chi connectivity index (χ3v) is 2.79.